The van der Waals surface area contributed by atoms with Gasteiger partial charge in [-0.15, -0.1) is 0 Å². The number of rotatable bonds is 4. The van der Waals surface area contributed by atoms with Gasteiger partial charge in [0.25, 0.3) is 0 Å². The van der Waals surface area contributed by atoms with Gasteiger partial charge in [0.15, 0.2) is 5.82 Å². The van der Waals surface area contributed by atoms with Gasteiger partial charge >= 0.3 is 0 Å². The fourth-order valence-electron chi connectivity index (χ4n) is 2.77. The summed E-state index contributed by atoms with van der Waals surface area (Å²) in [5.41, 5.74) is 1.03. The smallest absolute Gasteiger partial charge is 0.223 e. The van der Waals surface area contributed by atoms with E-state index in [2.05, 4.69) is 21.1 Å². The second-order valence-corrected chi connectivity index (χ2v) is 5.70. The Morgan fingerprint density at radius 1 is 1.27 bits per heavy atom. The summed E-state index contributed by atoms with van der Waals surface area (Å²) in [6, 6.07) is 6.55. The SMILES string of the molecule is Cc1nc(C2CCN(CC=Cc3ccc(F)cc3)CC2)no1. The van der Waals surface area contributed by atoms with Crippen molar-refractivity contribution in [1.82, 2.24) is 15.0 Å². The van der Waals surface area contributed by atoms with Crippen LogP contribution in [0.4, 0.5) is 4.39 Å². The maximum atomic E-state index is 12.8. The van der Waals surface area contributed by atoms with Crippen molar-refractivity contribution in [2.75, 3.05) is 19.6 Å². The van der Waals surface area contributed by atoms with Crippen LogP contribution >= 0.6 is 0 Å². The number of likely N-dealkylation sites (tertiary alicyclic amines) is 1. The number of aromatic nitrogens is 2. The molecule has 2 heterocycles. The Bertz CT molecular complexity index is 628. The molecule has 0 amide bonds. The molecular weight excluding hydrogens is 281 g/mol. The van der Waals surface area contributed by atoms with Gasteiger partial charge in [-0.1, -0.05) is 29.4 Å². The number of aryl methyl sites for hydroxylation is 1. The Kier molecular flexibility index (Phi) is 4.63. The molecule has 116 valence electrons. The molecule has 1 aromatic carbocycles. The molecular formula is C17H20FN3O. The van der Waals surface area contributed by atoms with Gasteiger partial charge in [0.2, 0.25) is 5.89 Å². The van der Waals surface area contributed by atoms with E-state index in [1.54, 1.807) is 12.1 Å². The van der Waals surface area contributed by atoms with E-state index in [0.717, 1.165) is 43.9 Å². The molecule has 1 fully saturated rings. The molecule has 4 nitrogen and oxygen atoms in total. The number of nitrogens with zero attached hydrogens (tertiary/aromatic N) is 3. The van der Waals surface area contributed by atoms with Crippen LogP contribution in [0.2, 0.25) is 0 Å². The quantitative estimate of drug-likeness (QED) is 0.868. The lowest BCUT2D eigenvalue weighted by Crippen LogP contribution is -2.33. The van der Waals surface area contributed by atoms with E-state index in [1.807, 2.05) is 13.0 Å². The summed E-state index contributed by atoms with van der Waals surface area (Å²) < 4.78 is 17.9. The molecule has 0 radical (unpaired) electrons. The molecule has 0 atom stereocenters. The predicted octanol–water partition coefficient (Wildman–Crippen LogP) is 3.41. The topological polar surface area (TPSA) is 42.2 Å². The van der Waals surface area contributed by atoms with E-state index < -0.39 is 0 Å². The van der Waals surface area contributed by atoms with Crippen molar-refractivity contribution in [2.24, 2.45) is 0 Å². The van der Waals surface area contributed by atoms with E-state index >= 15 is 0 Å². The standard InChI is InChI=1S/C17H20FN3O/c1-13-19-17(20-22-13)15-8-11-21(12-9-15)10-2-3-14-4-6-16(18)7-5-14/h2-7,15H,8-12H2,1H3. The molecule has 1 aliphatic rings. The van der Waals surface area contributed by atoms with Crippen molar-refractivity contribution in [1.29, 1.82) is 0 Å². The Morgan fingerprint density at radius 3 is 2.64 bits per heavy atom. The van der Waals surface area contributed by atoms with Gasteiger partial charge < -0.3 is 4.52 Å². The molecule has 3 rings (SSSR count). The minimum Gasteiger partial charge on any atom is -0.340 e. The third kappa shape index (κ3) is 3.80. The molecule has 22 heavy (non-hydrogen) atoms. The molecule has 0 saturated carbocycles. The molecule has 0 spiro atoms. The average Bonchev–Trinajstić information content (AvgIpc) is 2.97. The first-order chi connectivity index (χ1) is 10.7. The van der Waals surface area contributed by atoms with E-state index in [-0.39, 0.29) is 5.82 Å². The van der Waals surface area contributed by atoms with Crippen LogP contribution in [0.1, 0.15) is 36.0 Å². The molecule has 1 aromatic heterocycles. The summed E-state index contributed by atoms with van der Waals surface area (Å²) in [6.45, 7) is 4.80. The van der Waals surface area contributed by atoms with Gasteiger partial charge in [-0.2, -0.15) is 4.98 Å². The van der Waals surface area contributed by atoms with Crippen molar-refractivity contribution in [2.45, 2.75) is 25.7 Å². The minimum atomic E-state index is -0.198. The van der Waals surface area contributed by atoms with Crippen LogP contribution in [0.3, 0.4) is 0 Å². The maximum absolute atomic E-state index is 12.8. The van der Waals surface area contributed by atoms with Crippen LogP contribution in [0.5, 0.6) is 0 Å². The van der Waals surface area contributed by atoms with Crippen LogP contribution in [-0.2, 0) is 0 Å². The molecule has 0 bridgehead atoms. The summed E-state index contributed by atoms with van der Waals surface area (Å²) in [4.78, 5) is 6.73. The first kappa shape index (κ1) is 14.9. The van der Waals surface area contributed by atoms with E-state index in [0.29, 0.717) is 11.8 Å². The predicted molar refractivity (Wildman–Crippen MR) is 82.9 cm³/mol. The van der Waals surface area contributed by atoms with Crippen molar-refractivity contribution >= 4 is 6.08 Å². The largest absolute Gasteiger partial charge is 0.340 e. The number of piperidine rings is 1. The zero-order chi connectivity index (χ0) is 15.4. The van der Waals surface area contributed by atoms with Crippen LogP contribution in [-0.4, -0.2) is 34.7 Å². The average molecular weight is 301 g/mol. The van der Waals surface area contributed by atoms with Gasteiger partial charge in [-0.05, 0) is 43.6 Å². The number of halogens is 1. The summed E-state index contributed by atoms with van der Waals surface area (Å²) in [5, 5.41) is 4.02. The highest BCUT2D eigenvalue weighted by Gasteiger charge is 2.23. The molecule has 2 aromatic rings. The fraction of sp³-hybridized carbons (Fsp3) is 0.412. The third-order valence-electron chi connectivity index (χ3n) is 4.04. The van der Waals surface area contributed by atoms with E-state index in [1.165, 1.54) is 12.1 Å². The van der Waals surface area contributed by atoms with Crippen LogP contribution < -0.4 is 0 Å². The maximum Gasteiger partial charge on any atom is 0.223 e. The fourth-order valence-corrected chi connectivity index (χ4v) is 2.77. The Hall–Kier alpha value is -2.01. The van der Waals surface area contributed by atoms with Gasteiger partial charge in [0.05, 0.1) is 0 Å². The highest BCUT2D eigenvalue weighted by Crippen LogP contribution is 2.25. The number of hydrogen-bond donors (Lipinski definition) is 0. The zero-order valence-corrected chi connectivity index (χ0v) is 12.7. The molecule has 0 aliphatic carbocycles. The first-order valence-corrected chi connectivity index (χ1v) is 7.65. The van der Waals surface area contributed by atoms with Crippen molar-refractivity contribution in [3.8, 4) is 0 Å². The van der Waals surface area contributed by atoms with Gasteiger partial charge in [0, 0.05) is 19.4 Å². The second kappa shape index (κ2) is 6.83. The van der Waals surface area contributed by atoms with Gasteiger partial charge in [-0.25, -0.2) is 4.39 Å². The zero-order valence-electron chi connectivity index (χ0n) is 12.7. The van der Waals surface area contributed by atoms with Crippen LogP contribution in [0, 0.1) is 12.7 Å². The van der Waals surface area contributed by atoms with Gasteiger partial charge in [0.1, 0.15) is 5.82 Å². The van der Waals surface area contributed by atoms with E-state index in [9.17, 15) is 4.39 Å². The minimum absolute atomic E-state index is 0.198. The highest BCUT2D eigenvalue weighted by molar-refractivity contribution is 5.48. The normalized spacial score (nSPS) is 17.4. The molecule has 1 aliphatic heterocycles. The van der Waals surface area contributed by atoms with Crippen molar-refractivity contribution in [3.05, 3.63) is 53.4 Å². The number of benzene rings is 1. The van der Waals surface area contributed by atoms with Crippen molar-refractivity contribution in [3.63, 3.8) is 0 Å². The summed E-state index contributed by atoms with van der Waals surface area (Å²) in [6.07, 6.45) is 6.28. The molecule has 5 heteroatoms. The lowest BCUT2D eigenvalue weighted by Gasteiger charge is -2.29. The molecule has 0 unspecified atom stereocenters. The summed E-state index contributed by atoms with van der Waals surface area (Å²) in [7, 11) is 0. The monoisotopic (exact) mass is 301 g/mol. The van der Waals surface area contributed by atoms with Crippen LogP contribution in [0.15, 0.2) is 34.9 Å². The lowest BCUT2D eigenvalue weighted by molar-refractivity contribution is 0.227. The highest BCUT2D eigenvalue weighted by atomic mass is 19.1. The molecule has 0 N–H and O–H groups in total. The Morgan fingerprint density at radius 2 is 2.00 bits per heavy atom. The Balaban J connectivity index is 1.46. The Labute approximate surface area is 129 Å². The summed E-state index contributed by atoms with van der Waals surface area (Å²) in [5.74, 6) is 1.70. The second-order valence-electron chi connectivity index (χ2n) is 5.70. The number of hydrogen-bond acceptors (Lipinski definition) is 4. The third-order valence-corrected chi connectivity index (χ3v) is 4.04. The first-order valence-electron chi connectivity index (χ1n) is 7.65. The van der Waals surface area contributed by atoms with Gasteiger partial charge in [-0.3, -0.25) is 4.90 Å². The lowest BCUT2D eigenvalue weighted by atomic mass is 9.96. The van der Waals surface area contributed by atoms with Crippen LogP contribution in [0.25, 0.3) is 6.08 Å². The van der Waals surface area contributed by atoms with Crippen molar-refractivity contribution < 1.29 is 8.91 Å². The molecule has 1 saturated heterocycles. The summed E-state index contributed by atoms with van der Waals surface area (Å²) >= 11 is 0. The van der Waals surface area contributed by atoms with E-state index in [4.69, 9.17) is 4.52 Å².